The number of carbonyl (C=O) groups excluding carboxylic acids is 2. The van der Waals surface area contributed by atoms with Crippen LogP contribution in [0.15, 0.2) is 24.5 Å². The fourth-order valence-electron chi connectivity index (χ4n) is 2.30. The highest BCUT2D eigenvalue weighted by molar-refractivity contribution is 6.01. The first kappa shape index (κ1) is 13.3. The van der Waals surface area contributed by atoms with Gasteiger partial charge >= 0.3 is 0 Å². The van der Waals surface area contributed by atoms with E-state index in [1.54, 1.807) is 0 Å². The zero-order chi connectivity index (χ0) is 15.0. The average Bonchev–Trinajstić information content (AvgIpc) is 2.97. The molecule has 1 aliphatic rings. The third-order valence-electron chi connectivity index (χ3n) is 3.45. The minimum absolute atomic E-state index is 0.0234. The summed E-state index contributed by atoms with van der Waals surface area (Å²) < 4.78 is 1.44. The standard InChI is InChI=1S/C14H15N5O2/c1-8-3-4-9(2)10(5-8)17-12(20)6-11-13(21)18-14-15-7-16-19(11)14/h3-5,7,11H,6H2,1-2H3,(H,17,20)(H,15,16,18,21)/t11-/m0/s1. The van der Waals surface area contributed by atoms with Crippen molar-refractivity contribution in [1.82, 2.24) is 14.8 Å². The Morgan fingerprint density at radius 1 is 1.43 bits per heavy atom. The molecule has 2 N–H and O–H groups in total. The summed E-state index contributed by atoms with van der Waals surface area (Å²) in [7, 11) is 0. The zero-order valence-electron chi connectivity index (χ0n) is 11.8. The molecule has 2 aromatic rings. The van der Waals surface area contributed by atoms with Crippen LogP contribution in [0.3, 0.4) is 0 Å². The van der Waals surface area contributed by atoms with Gasteiger partial charge in [0.1, 0.15) is 12.4 Å². The van der Waals surface area contributed by atoms with E-state index in [4.69, 9.17) is 0 Å². The van der Waals surface area contributed by atoms with Gasteiger partial charge in [-0.2, -0.15) is 10.1 Å². The normalized spacial score (nSPS) is 16.5. The summed E-state index contributed by atoms with van der Waals surface area (Å²) in [6, 6.07) is 5.19. The second-order valence-corrected chi connectivity index (χ2v) is 5.10. The molecule has 1 atom stereocenters. The lowest BCUT2D eigenvalue weighted by molar-refractivity contribution is -0.123. The van der Waals surface area contributed by atoms with Gasteiger partial charge < -0.3 is 5.32 Å². The van der Waals surface area contributed by atoms with Crippen LogP contribution in [-0.2, 0) is 9.59 Å². The van der Waals surface area contributed by atoms with Crippen LogP contribution in [0.2, 0.25) is 0 Å². The SMILES string of the molecule is Cc1ccc(C)c(NC(=O)C[C@H]2C(=O)Nc3ncnn32)c1. The Morgan fingerprint density at radius 3 is 3.05 bits per heavy atom. The van der Waals surface area contributed by atoms with Gasteiger partial charge in [0.15, 0.2) is 0 Å². The molecule has 0 saturated carbocycles. The number of nitrogens with one attached hydrogen (secondary N) is 2. The molecule has 0 radical (unpaired) electrons. The van der Waals surface area contributed by atoms with Crippen LogP contribution in [0.5, 0.6) is 0 Å². The predicted molar refractivity (Wildman–Crippen MR) is 76.9 cm³/mol. The molecule has 21 heavy (non-hydrogen) atoms. The van der Waals surface area contributed by atoms with Crippen molar-refractivity contribution in [2.45, 2.75) is 26.3 Å². The van der Waals surface area contributed by atoms with E-state index in [1.807, 2.05) is 32.0 Å². The Labute approximate surface area is 121 Å². The van der Waals surface area contributed by atoms with Crippen LogP contribution < -0.4 is 10.6 Å². The number of carbonyl (C=O) groups is 2. The van der Waals surface area contributed by atoms with Crippen LogP contribution >= 0.6 is 0 Å². The smallest absolute Gasteiger partial charge is 0.252 e. The van der Waals surface area contributed by atoms with Crippen LogP contribution in [0.1, 0.15) is 23.6 Å². The van der Waals surface area contributed by atoms with Gasteiger partial charge in [-0.3, -0.25) is 14.9 Å². The summed E-state index contributed by atoms with van der Waals surface area (Å²) in [6.45, 7) is 3.88. The molecule has 0 saturated heterocycles. The highest BCUT2D eigenvalue weighted by atomic mass is 16.2. The molecule has 0 aliphatic carbocycles. The monoisotopic (exact) mass is 285 g/mol. The molecular weight excluding hydrogens is 270 g/mol. The summed E-state index contributed by atoms with van der Waals surface area (Å²) in [5.41, 5.74) is 2.80. The molecule has 1 aliphatic heterocycles. The van der Waals surface area contributed by atoms with Crippen molar-refractivity contribution in [3.63, 3.8) is 0 Å². The minimum atomic E-state index is -0.646. The second kappa shape index (κ2) is 5.01. The Balaban J connectivity index is 1.73. The molecule has 108 valence electrons. The number of benzene rings is 1. The fraction of sp³-hybridized carbons (Fsp3) is 0.286. The van der Waals surface area contributed by atoms with Gasteiger partial charge in [-0.15, -0.1) is 0 Å². The number of nitrogens with zero attached hydrogens (tertiary/aromatic N) is 3. The van der Waals surface area contributed by atoms with E-state index in [0.717, 1.165) is 16.8 Å². The molecule has 1 aromatic carbocycles. The van der Waals surface area contributed by atoms with Crippen molar-refractivity contribution < 1.29 is 9.59 Å². The van der Waals surface area contributed by atoms with Crippen molar-refractivity contribution >= 4 is 23.5 Å². The predicted octanol–water partition coefficient (Wildman–Crippen LogP) is 1.42. The summed E-state index contributed by atoms with van der Waals surface area (Å²) in [5, 5.41) is 9.39. The Bertz CT molecular complexity index is 722. The van der Waals surface area contributed by atoms with Crippen molar-refractivity contribution in [3.05, 3.63) is 35.7 Å². The van der Waals surface area contributed by atoms with Crippen LogP contribution in [0.4, 0.5) is 11.6 Å². The van der Waals surface area contributed by atoms with E-state index in [9.17, 15) is 9.59 Å². The van der Waals surface area contributed by atoms with E-state index >= 15 is 0 Å². The lowest BCUT2D eigenvalue weighted by Crippen LogP contribution is -2.23. The Hall–Kier alpha value is -2.70. The molecule has 7 nitrogen and oxygen atoms in total. The molecule has 0 bridgehead atoms. The molecule has 0 spiro atoms. The second-order valence-electron chi connectivity index (χ2n) is 5.10. The molecule has 0 fully saturated rings. The maximum absolute atomic E-state index is 12.2. The largest absolute Gasteiger partial charge is 0.326 e. The van der Waals surface area contributed by atoms with Gasteiger partial charge in [0.25, 0.3) is 5.91 Å². The van der Waals surface area contributed by atoms with Gasteiger partial charge in [0.05, 0.1) is 6.42 Å². The van der Waals surface area contributed by atoms with Crippen LogP contribution in [0, 0.1) is 13.8 Å². The molecule has 7 heteroatoms. The zero-order valence-corrected chi connectivity index (χ0v) is 11.8. The van der Waals surface area contributed by atoms with E-state index in [2.05, 4.69) is 20.7 Å². The molecule has 1 aromatic heterocycles. The van der Waals surface area contributed by atoms with E-state index in [0.29, 0.717) is 5.95 Å². The maximum atomic E-state index is 12.2. The summed E-state index contributed by atoms with van der Waals surface area (Å²) in [5.74, 6) is -0.113. The van der Waals surface area contributed by atoms with E-state index in [1.165, 1.54) is 11.0 Å². The lowest BCUT2D eigenvalue weighted by atomic mass is 10.1. The molecule has 2 heterocycles. The summed E-state index contributed by atoms with van der Waals surface area (Å²) in [6.07, 6.45) is 1.37. The number of hydrogen-bond acceptors (Lipinski definition) is 4. The van der Waals surface area contributed by atoms with Crippen molar-refractivity contribution in [2.75, 3.05) is 10.6 Å². The fourth-order valence-corrected chi connectivity index (χ4v) is 2.30. The van der Waals surface area contributed by atoms with Gasteiger partial charge in [0, 0.05) is 5.69 Å². The molecule has 3 rings (SSSR count). The number of fused-ring (bicyclic) bond motifs is 1. The molecule has 2 amide bonds. The van der Waals surface area contributed by atoms with Gasteiger partial charge in [-0.25, -0.2) is 4.68 Å². The van der Waals surface area contributed by atoms with Gasteiger partial charge in [-0.05, 0) is 31.0 Å². The topological polar surface area (TPSA) is 88.9 Å². The minimum Gasteiger partial charge on any atom is -0.326 e. The highest BCUT2D eigenvalue weighted by Gasteiger charge is 2.33. The Kier molecular flexibility index (Phi) is 3.17. The van der Waals surface area contributed by atoms with Crippen molar-refractivity contribution in [2.24, 2.45) is 0 Å². The maximum Gasteiger partial charge on any atom is 0.252 e. The number of aromatic nitrogens is 3. The summed E-state index contributed by atoms with van der Waals surface area (Å²) >= 11 is 0. The number of anilines is 2. The molecular formula is C14H15N5O2. The van der Waals surface area contributed by atoms with Crippen LogP contribution in [0.25, 0.3) is 0 Å². The molecule has 0 unspecified atom stereocenters. The Morgan fingerprint density at radius 2 is 2.24 bits per heavy atom. The van der Waals surface area contributed by atoms with E-state index < -0.39 is 6.04 Å². The van der Waals surface area contributed by atoms with E-state index in [-0.39, 0.29) is 18.2 Å². The first-order chi connectivity index (χ1) is 10.0. The van der Waals surface area contributed by atoms with Crippen molar-refractivity contribution in [3.8, 4) is 0 Å². The number of aryl methyl sites for hydroxylation is 2. The lowest BCUT2D eigenvalue weighted by Gasteiger charge is -2.12. The highest BCUT2D eigenvalue weighted by Crippen LogP contribution is 2.24. The number of hydrogen-bond donors (Lipinski definition) is 2. The quantitative estimate of drug-likeness (QED) is 0.892. The van der Waals surface area contributed by atoms with Gasteiger partial charge in [0.2, 0.25) is 11.9 Å². The first-order valence-electron chi connectivity index (χ1n) is 6.62. The first-order valence-corrected chi connectivity index (χ1v) is 6.62. The third kappa shape index (κ3) is 2.49. The number of amides is 2. The average molecular weight is 285 g/mol. The van der Waals surface area contributed by atoms with Gasteiger partial charge in [-0.1, -0.05) is 12.1 Å². The third-order valence-corrected chi connectivity index (χ3v) is 3.45. The number of rotatable bonds is 3. The summed E-state index contributed by atoms with van der Waals surface area (Å²) in [4.78, 5) is 27.9. The van der Waals surface area contributed by atoms with Crippen LogP contribution in [-0.4, -0.2) is 26.6 Å². The van der Waals surface area contributed by atoms with Crippen molar-refractivity contribution in [1.29, 1.82) is 0 Å².